The second-order valence-electron chi connectivity index (χ2n) is 8.69. The highest BCUT2D eigenvalue weighted by atomic mass is 16.5. The smallest absolute Gasteiger partial charge is 0.168 e. The van der Waals surface area contributed by atoms with Gasteiger partial charge in [-0.1, -0.05) is 26.0 Å². The normalized spacial score (nSPS) is 21.3. The van der Waals surface area contributed by atoms with E-state index in [2.05, 4.69) is 51.3 Å². The van der Waals surface area contributed by atoms with Gasteiger partial charge in [-0.2, -0.15) is 0 Å². The highest BCUT2D eigenvalue weighted by molar-refractivity contribution is 5.58. The van der Waals surface area contributed by atoms with Crippen molar-refractivity contribution in [3.05, 3.63) is 30.1 Å². The zero-order valence-corrected chi connectivity index (χ0v) is 18.4. The summed E-state index contributed by atoms with van der Waals surface area (Å²) in [4.78, 5) is 4.96. The number of para-hydroxylation sites is 2. The van der Waals surface area contributed by atoms with E-state index in [0.717, 1.165) is 70.2 Å². The molecule has 30 heavy (non-hydrogen) atoms. The molecule has 0 spiro atoms. The monoisotopic (exact) mass is 414 g/mol. The summed E-state index contributed by atoms with van der Waals surface area (Å²) in [6.45, 7) is 10.0. The molecular weight excluding hydrogens is 380 g/mol. The molecule has 0 N–H and O–H groups in total. The molecule has 4 rings (SSSR count). The minimum absolute atomic E-state index is 0.223. The number of anilines is 1. The third-order valence-corrected chi connectivity index (χ3v) is 6.13. The number of hydrogen-bond donors (Lipinski definition) is 0. The lowest BCUT2D eigenvalue weighted by Gasteiger charge is -2.40. The molecule has 164 valence electrons. The first-order valence-corrected chi connectivity index (χ1v) is 11.2. The topological polar surface area (TPSA) is 68.5 Å². The van der Waals surface area contributed by atoms with Gasteiger partial charge in [0.05, 0.1) is 31.5 Å². The predicted molar refractivity (Wildman–Crippen MR) is 116 cm³/mol. The lowest BCUT2D eigenvalue weighted by atomic mass is 10.0. The molecule has 1 aromatic carbocycles. The molecule has 8 nitrogen and oxygen atoms in total. The van der Waals surface area contributed by atoms with E-state index in [9.17, 15) is 0 Å². The van der Waals surface area contributed by atoms with Crippen LogP contribution in [0, 0.1) is 5.92 Å². The number of aromatic nitrogens is 4. The van der Waals surface area contributed by atoms with E-state index >= 15 is 0 Å². The predicted octanol–water partition coefficient (Wildman–Crippen LogP) is 2.77. The van der Waals surface area contributed by atoms with Gasteiger partial charge in [0.25, 0.3) is 0 Å². The van der Waals surface area contributed by atoms with Gasteiger partial charge < -0.3 is 14.4 Å². The summed E-state index contributed by atoms with van der Waals surface area (Å²) >= 11 is 0. The van der Waals surface area contributed by atoms with Crippen molar-refractivity contribution in [2.24, 2.45) is 5.92 Å². The highest BCUT2D eigenvalue weighted by Crippen LogP contribution is 2.32. The fourth-order valence-electron chi connectivity index (χ4n) is 4.59. The van der Waals surface area contributed by atoms with Gasteiger partial charge in [0.15, 0.2) is 5.82 Å². The van der Waals surface area contributed by atoms with Gasteiger partial charge in [0, 0.05) is 32.8 Å². The van der Waals surface area contributed by atoms with Crippen molar-refractivity contribution in [3.8, 4) is 5.75 Å². The molecule has 0 amide bonds. The number of hydrogen-bond acceptors (Lipinski definition) is 7. The van der Waals surface area contributed by atoms with Gasteiger partial charge in [-0.25, -0.2) is 4.68 Å². The van der Waals surface area contributed by atoms with E-state index in [1.165, 1.54) is 5.69 Å². The van der Waals surface area contributed by atoms with Crippen LogP contribution in [0.15, 0.2) is 24.3 Å². The van der Waals surface area contributed by atoms with Crippen molar-refractivity contribution < 1.29 is 9.47 Å². The summed E-state index contributed by atoms with van der Waals surface area (Å²) < 4.78 is 13.4. The first kappa shape index (κ1) is 21.1. The Morgan fingerprint density at radius 1 is 1.17 bits per heavy atom. The molecule has 0 unspecified atom stereocenters. The van der Waals surface area contributed by atoms with Gasteiger partial charge >= 0.3 is 0 Å². The summed E-state index contributed by atoms with van der Waals surface area (Å²) in [6, 6.07) is 8.49. The van der Waals surface area contributed by atoms with Crippen molar-refractivity contribution in [1.82, 2.24) is 25.1 Å². The Bertz CT molecular complexity index is 796. The third-order valence-electron chi connectivity index (χ3n) is 6.13. The number of benzene rings is 1. The number of tetrazole rings is 1. The minimum Gasteiger partial charge on any atom is -0.495 e. The average Bonchev–Trinajstić information content (AvgIpc) is 3.45. The van der Waals surface area contributed by atoms with Crippen LogP contribution in [0.4, 0.5) is 5.69 Å². The molecule has 2 aliphatic heterocycles. The molecule has 8 heteroatoms. The molecule has 3 heterocycles. The Hall–Kier alpha value is -2.19. The number of piperazine rings is 1. The van der Waals surface area contributed by atoms with Crippen LogP contribution in [0.3, 0.4) is 0 Å². The molecule has 0 aliphatic carbocycles. The van der Waals surface area contributed by atoms with Crippen LogP contribution < -0.4 is 9.64 Å². The van der Waals surface area contributed by atoms with E-state index in [1.54, 1.807) is 7.11 Å². The van der Waals surface area contributed by atoms with Crippen molar-refractivity contribution >= 4 is 5.69 Å². The summed E-state index contributed by atoms with van der Waals surface area (Å²) in [7, 11) is 1.74. The minimum atomic E-state index is 0.223. The lowest BCUT2D eigenvalue weighted by molar-refractivity contribution is 0.0885. The first-order chi connectivity index (χ1) is 14.7. The molecule has 2 aromatic rings. The fourth-order valence-corrected chi connectivity index (χ4v) is 4.59. The SMILES string of the molecule is COc1ccccc1N1CCN([C@@H](CC(C)C)c2nnnn2C[C@H]2CCCO2)CC1. The third kappa shape index (κ3) is 4.75. The molecule has 0 saturated carbocycles. The summed E-state index contributed by atoms with van der Waals surface area (Å²) in [6.07, 6.45) is 3.49. The zero-order valence-electron chi connectivity index (χ0n) is 18.4. The first-order valence-electron chi connectivity index (χ1n) is 11.2. The zero-order chi connectivity index (χ0) is 20.9. The Balaban J connectivity index is 1.47. The molecule has 2 aliphatic rings. The van der Waals surface area contributed by atoms with Crippen LogP contribution in [-0.4, -0.2) is 71.1 Å². The van der Waals surface area contributed by atoms with Gasteiger partial charge in [-0.3, -0.25) is 4.90 Å². The van der Waals surface area contributed by atoms with Gasteiger partial charge in [-0.15, -0.1) is 5.10 Å². The maximum atomic E-state index is 5.82. The Labute approximate surface area is 179 Å². The van der Waals surface area contributed by atoms with Gasteiger partial charge in [0.2, 0.25) is 0 Å². The number of methoxy groups -OCH3 is 1. The summed E-state index contributed by atoms with van der Waals surface area (Å²) in [5.74, 6) is 2.48. The van der Waals surface area contributed by atoms with Crippen LogP contribution in [0.25, 0.3) is 0 Å². The quantitative estimate of drug-likeness (QED) is 0.658. The molecule has 2 atom stereocenters. The fraction of sp³-hybridized carbons (Fsp3) is 0.682. The number of ether oxygens (including phenoxy) is 2. The Kier molecular flexibility index (Phi) is 6.84. The number of rotatable bonds is 8. The van der Waals surface area contributed by atoms with Crippen LogP contribution in [0.2, 0.25) is 0 Å². The lowest BCUT2D eigenvalue weighted by Crippen LogP contribution is -2.48. The summed E-state index contributed by atoms with van der Waals surface area (Å²) in [5, 5.41) is 12.8. The van der Waals surface area contributed by atoms with Crippen molar-refractivity contribution in [2.45, 2.75) is 51.8 Å². The van der Waals surface area contributed by atoms with E-state index in [0.29, 0.717) is 5.92 Å². The average molecular weight is 415 g/mol. The Morgan fingerprint density at radius 2 is 1.97 bits per heavy atom. The largest absolute Gasteiger partial charge is 0.495 e. The second-order valence-corrected chi connectivity index (χ2v) is 8.69. The van der Waals surface area contributed by atoms with E-state index < -0.39 is 0 Å². The van der Waals surface area contributed by atoms with Crippen molar-refractivity contribution in [3.63, 3.8) is 0 Å². The van der Waals surface area contributed by atoms with Gasteiger partial charge in [-0.05, 0) is 47.7 Å². The molecule has 2 saturated heterocycles. The van der Waals surface area contributed by atoms with Crippen LogP contribution >= 0.6 is 0 Å². The molecule has 0 bridgehead atoms. The second kappa shape index (κ2) is 9.75. The molecule has 1 aromatic heterocycles. The highest BCUT2D eigenvalue weighted by Gasteiger charge is 2.31. The van der Waals surface area contributed by atoms with E-state index in [1.807, 2.05) is 16.8 Å². The van der Waals surface area contributed by atoms with E-state index in [-0.39, 0.29) is 12.1 Å². The molecular formula is C22H34N6O2. The molecule has 2 fully saturated rings. The van der Waals surface area contributed by atoms with Crippen LogP contribution in [0.5, 0.6) is 5.75 Å². The standard InChI is InChI=1S/C22H34N6O2/c1-17(2)15-20(22-23-24-25-28(22)16-18-7-6-14-30-18)27-12-10-26(11-13-27)19-8-4-5-9-21(19)29-3/h4-5,8-9,17-18,20H,6-7,10-16H2,1-3H3/t18-,20+/m1/s1. The van der Waals surface area contributed by atoms with Crippen LogP contribution in [-0.2, 0) is 11.3 Å². The summed E-state index contributed by atoms with van der Waals surface area (Å²) in [5.41, 5.74) is 1.17. The maximum absolute atomic E-state index is 5.82. The Morgan fingerprint density at radius 3 is 2.67 bits per heavy atom. The van der Waals surface area contributed by atoms with Crippen LogP contribution in [0.1, 0.15) is 45.0 Å². The molecule has 0 radical (unpaired) electrons. The maximum Gasteiger partial charge on any atom is 0.168 e. The van der Waals surface area contributed by atoms with E-state index in [4.69, 9.17) is 9.47 Å². The number of nitrogens with zero attached hydrogens (tertiary/aromatic N) is 6. The van der Waals surface area contributed by atoms with Gasteiger partial charge in [0.1, 0.15) is 5.75 Å². The van der Waals surface area contributed by atoms with Crippen molar-refractivity contribution in [2.75, 3.05) is 44.8 Å². The van der Waals surface area contributed by atoms with Crippen molar-refractivity contribution in [1.29, 1.82) is 0 Å².